The highest BCUT2D eigenvalue weighted by molar-refractivity contribution is 6.30. The lowest BCUT2D eigenvalue weighted by atomic mass is 10.1. The van der Waals surface area contributed by atoms with Crippen LogP contribution in [0, 0.1) is 13.8 Å². The molecular formula is C17H17ClO3. The second kappa shape index (κ2) is 6.64. The fraction of sp³-hybridized carbons (Fsp3) is 0.235. The summed E-state index contributed by atoms with van der Waals surface area (Å²) in [5, 5.41) is 0.580. The summed E-state index contributed by atoms with van der Waals surface area (Å²) in [7, 11) is 1.55. The molecule has 0 unspecified atom stereocenters. The number of carbonyl (C=O) groups excluding carboxylic acids is 1. The highest BCUT2D eigenvalue weighted by atomic mass is 35.5. The van der Waals surface area contributed by atoms with Crippen LogP contribution >= 0.6 is 11.6 Å². The highest BCUT2D eigenvalue weighted by Gasteiger charge is 2.13. The minimum atomic E-state index is -0.133. The first kappa shape index (κ1) is 15.4. The first-order valence-corrected chi connectivity index (χ1v) is 6.96. The van der Waals surface area contributed by atoms with Crippen molar-refractivity contribution in [2.75, 3.05) is 13.7 Å². The number of aryl methyl sites for hydroxylation is 2. The molecule has 0 heterocycles. The van der Waals surface area contributed by atoms with Gasteiger partial charge in [0, 0.05) is 5.02 Å². The molecule has 2 rings (SSSR count). The van der Waals surface area contributed by atoms with Crippen LogP contribution in [0.2, 0.25) is 5.02 Å². The zero-order valence-electron chi connectivity index (χ0n) is 12.3. The Morgan fingerprint density at radius 3 is 2.57 bits per heavy atom. The Hall–Kier alpha value is -2.00. The Balaban J connectivity index is 2.13. The number of carbonyl (C=O) groups is 1. The average Bonchev–Trinajstić information content (AvgIpc) is 2.47. The van der Waals surface area contributed by atoms with Crippen LogP contribution in [-0.2, 0) is 0 Å². The number of hydrogen-bond donors (Lipinski definition) is 0. The van der Waals surface area contributed by atoms with Crippen LogP contribution in [0.5, 0.6) is 11.5 Å². The Morgan fingerprint density at radius 1 is 1.10 bits per heavy atom. The molecular weight excluding hydrogens is 288 g/mol. The lowest BCUT2D eigenvalue weighted by Crippen LogP contribution is -2.13. The number of benzene rings is 2. The monoisotopic (exact) mass is 304 g/mol. The summed E-state index contributed by atoms with van der Waals surface area (Å²) < 4.78 is 10.8. The third-order valence-corrected chi connectivity index (χ3v) is 3.40. The summed E-state index contributed by atoms with van der Waals surface area (Å²) >= 11 is 5.93. The van der Waals surface area contributed by atoms with E-state index in [1.54, 1.807) is 25.3 Å². The lowest BCUT2D eigenvalue weighted by molar-refractivity contribution is 0.0918. The summed E-state index contributed by atoms with van der Waals surface area (Å²) in [5.41, 5.74) is 2.49. The zero-order valence-corrected chi connectivity index (χ0v) is 13.0. The smallest absolute Gasteiger partial charge is 0.203 e. The number of hydrogen-bond acceptors (Lipinski definition) is 3. The van der Waals surface area contributed by atoms with Gasteiger partial charge in [-0.15, -0.1) is 0 Å². The van der Waals surface area contributed by atoms with Crippen molar-refractivity contribution < 1.29 is 14.3 Å². The van der Waals surface area contributed by atoms with Crippen molar-refractivity contribution in [2.45, 2.75) is 13.8 Å². The van der Waals surface area contributed by atoms with Gasteiger partial charge >= 0.3 is 0 Å². The molecule has 0 amide bonds. The molecule has 0 N–H and O–H groups in total. The Bertz CT molecular complexity index is 665. The molecule has 2 aromatic carbocycles. The van der Waals surface area contributed by atoms with Crippen LogP contribution < -0.4 is 9.47 Å². The third-order valence-electron chi connectivity index (χ3n) is 3.17. The van der Waals surface area contributed by atoms with Crippen LogP contribution in [-0.4, -0.2) is 19.5 Å². The Morgan fingerprint density at radius 2 is 1.86 bits per heavy atom. The summed E-state index contributed by atoms with van der Waals surface area (Å²) in [6.07, 6.45) is 0. The van der Waals surface area contributed by atoms with Crippen molar-refractivity contribution in [1.29, 1.82) is 0 Å². The number of methoxy groups -OCH3 is 1. The van der Waals surface area contributed by atoms with E-state index < -0.39 is 0 Å². The maximum absolute atomic E-state index is 12.3. The average molecular weight is 305 g/mol. The van der Waals surface area contributed by atoms with E-state index in [9.17, 15) is 4.79 Å². The standard InChI is InChI=1S/C17H17ClO3/c1-11-4-7-14(17(8-11)20-3)15(19)10-21-16-9-13(18)6-5-12(16)2/h4-9H,10H2,1-3H3. The molecule has 0 radical (unpaired) electrons. The minimum Gasteiger partial charge on any atom is -0.496 e. The molecule has 0 atom stereocenters. The SMILES string of the molecule is COc1cc(C)ccc1C(=O)COc1cc(Cl)ccc1C. The minimum absolute atomic E-state index is 0.0550. The van der Waals surface area contributed by atoms with E-state index in [1.807, 2.05) is 32.0 Å². The zero-order chi connectivity index (χ0) is 15.4. The largest absolute Gasteiger partial charge is 0.496 e. The van der Waals surface area contributed by atoms with Gasteiger partial charge in [0.1, 0.15) is 11.5 Å². The molecule has 0 aliphatic rings. The van der Waals surface area contributed by atoms with Crippen molar-refractivity contribution >= 4 is 17.4 Å². The van der Waals surface area contributed by atoms with Gasteiger partial charge in [0.05, 0.1) is 12.7 Å². The van der Waals surface area contributed by atoms with E-state index in [2.05, 4.69) is 0 Å². The number of Topliss-reactive ketones (excluding diaryl/α,β-unsaturated/α-hetero) is 1. The fourth-order valence-corrected chi connectivity index (χ4v) is 2.14. The molecule has 0 aliphatic heterocycles. The summed E-state index contributed by atoms with van der Waals surface area (Å²) in [4.78, 5) is 12.3. The fourth-order valence-electron chi connectivity index (χ4n) is 1.98. The van der Waals surface area contributed by atoms with E-state index in [1.165, 1.54) is 0 Å². The number of rotatable bonds is 5. The van der Waals surface area contributed by atoms with Crippen LogP contribution in [0.1, 0.15) is 21.5 Å². The molecule has 21 heavy (non-hydrogen) atoms. The van der Waals surface area contributed by atoms with Crippen LogP contribution in [0.15, 0.2) is 36.4 Å². The van der Waals surface area contributed by atoms with Gasteiger partial charge in [0.25, 0.3) is 0 Å². The molecule has 0 bridgehead atoms. The lowest BCUT2D eigenvalue weighted by Gasteiger charge is -2.11. The maximum atomic E-state index is 12.3. The molecule has 0 spiro atoms. The summed E-state index contributed by atoms with van der Waals surface area (Å²) in [5.74, 6) is 1.04. The van der Waals surface area contributed by atoms with Gasteiger partial charge in [-0.25, -0.2) is 0 Å². The molecule has 0 saturated heterocycles. The normalized spacial score (nSPS) is 10.3. The van der Waals surface area contributed by atoms with E-state index in [-0.39, 0.29) is 12.4 Å². The molecule has 0 fully saturated rings. The third kappa shape index (κ3) is 3.76. The van der Waals surface area contributed by atoms with Crippen molar-refractivity contribution in [3.05, 3.63) is 58.1 Å². The predicted molar refractivity (Wildman–Crippen MR) is 83.7 cm³/mol. The van der Waals surface area contributed by atoms with Crippen LogP contribution in [0.4, 0.5) is 0 Å². The second-order valence-electron chi connectivity index (χ2n) is 4.83. The Labute approximate surface area is 129 Å². The number of ketones is 1. The van der Waals surface area contributed by atoms with Gasteiger partial charge in [0.15, 0.2) is 6.61 Å². The van der Waals surface area contributed by atoms with Crippen molar-refractivity contribution in [1.82, 2.24) is 0 Å². The van der Waals surface area contributed by atoms with E-state index >= 15 is 0 Å². The molecule has 0 aliphatic carbocycles. The highest BCUT2D eigenvalue weighted by Crippen LogP contribution is 2.24. The summed E-state index contributed by atoms with van der Waals surface area (Å²) in [6, 6.07) is 10.8. The number of ether oxygens (including phenoxy) is 2. The van der Waals surface area contributed by atoms with Gasteiger partial charge in [0.2, 0.25) is 5.78 Å². The van der Waals surface area contributed by atoms with Crippen LogP contribution in [0.25, 0.3) is 0 Å². The Kier molecular flexibility index (Phi) is 4.86. The van der Waals surface area contributed by atoms with Gasteiger partial charge in [-0.1, -0.05) is 23.7 Å². The molecule has 3 nitrogen and oxygen atoms in total. The first-order valence-electron chi connectivity index (χ1n) is 6.58. The van der Waals surface area contributed by atoms with E-state index in [0.29, 0.717) is 22.1 Å². The van der Waals surface area contributed by atoms with Crippen molar-refractivity contribution in [3.8, 4) is 11.5 Å². The van der Waals surface area contributed by atoms with Crippen LogP contribution in [0.3, 0.4) is 0 Å². The van der Waals surface area contributed by atoms with Crippen molar-refractivity contribution in [2.24, 2.45) is 0 Å². The predicted octanol–water partition coefficient (Wildman–Crippen LogP) is 4.23. The van der Waals surface area contributed by atoms with Gasteiger partial charge in [-0.2, -0.15) is 0 Å². The molecule has 4 heteroatoms. The van der Waals surface area contributed by atoms with Crippen molar-refractivity contribution in [3.63, 3.8) is 0 Å². The summed E-state index contributed by atoms with van der Waals surface area (Å²) in [6.45, 7) is 3.80. The second-order valence-corrected chi connectivity index (χ2v) is 5.26. The first-order chi connectivity index (χ1) is 10.0. The quantitative estimate of drug-likeness (QED) is 0.776. The maximum Gasteiger partial charge on any atom is 0.203 e. The van der Waals surface area contributed by atoms with Gasteiger partial charge in [-0.05, 0) is 49.2 Å². The van der Waals surface area contributed by atoms with Gasteiger partial charge < -0.3 is 9.47 Å². The van der Waals surface area contributed by atoms with E-state index in [0.717, 1.165) is 11.1 Å². The topological polar surface area (TPSA) is 35.5 Å². The van der Waals surface area contributed by atoms with Gasteiger partial charge in [-0.3, -0.25) is 4.79 Å². The van der Waals surface area contributed by atoms with E-state index in [4.69, 9.17) is 21.1 Å². The molecule has 0 saturated carbocycles. The molecule has 0 aromatic heterocycles. The molecule has 2 aromatic rings. The molecule has 110 valence electrons. The number of halogens is 1.